The number of ketones is 3. The highest BCUT2D eigenvalue weighted by Gasteiger charge is 2.18. The lowest BCUT2D eigenvalue weighted by Gasteiger charge is -2.30. The Morgan fingerprint density at radius 2 is 1.61 bits per heavy atom. The highest BCUT2D eigenvalue weighted by Crippen LogP contribution is 2.31. The summed E-state index contributed by atoms with van der Waals surface area (Å²) in [7, 11) is 1.68. The lowest BCUT2D eigenvalue weighted by Crippen LogP contribution is -2.29. The first-order valence-electron chi connectivity index (χ1n) is 11.7. The highest BCUT2D eigenvalue weighted by molar-refractivity contribution is 5.97. The molecule has 1 saturated heterocycles. The van der Waals surface area contributed by atoms with Gasteiger partial charge in [0.1, 0.15) is 17.3 Å². The summed E-state index contributed by atoms with van der Waals surface area (Å²) in [6.07, 6.45) is 5.81. The number of ether oxygens (including phenoxy) is 1. The minimum Gasteiger partial charge on any atom is -0.496 e. The highest BCUT2D eigenvalue weighted by atomic mass is 16.5. The van der Waals surface area contributed by atoms with Crippen LogP contribution >= 0.6 is 0 Å². The fraction of sp³-hybridized carbons (Fsp3) is 0.654. The fourth-order valence-electron chi connectivity index (χ4n) is 3.45. The van der Waals surface area contributed by atoms with Crippen LogP contribution in [0.2, 0.25) is 0 Å². The van der Waals surface area contributed by atoms with Crippen molar-refractivity contribution in [2.24, 2.45) is 5.92 Å². The number of hydrogen-bond acceptors (Lipinski definition) is 5. The van der Waals surface area contributed by atoms with Gasteiger partial charge in [0.05, 0.1) is 7.11 Å². The quantitative estimate of drug-likeness (QED) is 0.466. The Morgan fingerprint density at radius 3 is 2.03 bits per heavy atom. The van der Waals surface area contributed by atoms with E-state index in [-0.39, 0.29) is 23.3 Å². The van der Waals surface area contributed by atoms with Gasteiger partial charge in [0.25, 0.3) is 0 Å². The number of piperidine rings is 1. The summed E-state index contributed by atoms with van der Waals surface area (Å²) >= 11 is 0. The molecule has 0 bridgehead atoms. The molecule has 0 amide bonds. The fourth-order valence-corrected chi connectivity index (χ4v) is 3.45. The number of hydrogen-bond donors (Lipinski definition) is 0. The summed E-state index contributed by atoms with van der Waals surface area (Å²) in [6.45, 7) is 14.8. The first-order chi connectivity index (χ1) is 14.7. The van der Waals surface area contributed by atoms with Gasteiger partial charge in [0.15, 0.2) is 5.78 Å². The molecule has 0 saturated carbocycles. The maximum Gasteiger partial charge on any atom is 0.160 e. The molecule has 31 heavy (non-hydrogen) atoms. The Kier molecular flexibility index (Phi) is 14.5. The van der Waals surface area contributed by atoms with Crippen molar-refractivity contribution in [1.82, 2.24) is 0 Å². The van der Waals surface area contributed by atoms with E-state index in [9.17, 15) is 14.4 Å². The maximum atomic E-state index is 11.9. The molecular weight excluding hydrogens is 390 g/mol. The summed E-state index contributed by atoms with van der Waals surface area (Å²) in [6, 6.07) is 4.12. The van der Waals surface area contributed by atoms with Gasteiger partial charge in [0.2, 0.25) is 0 Å². The summed E-state index contributed by atoms with van der Waals surface area (Å²) in [5.74, 6) is 1.34. The molecule has 0 N–H and O–H groups in total. The Balaban J connectivity index is 0.000000639. The second kappa shape index (κ2) is 15.6. The minimum atomic E-state index is 0.0453. The van der Waals surface area contributed by atoms with Gasteiger partial charge in [-0.25, -0.2) is 0 Å². The Labute approximate surface area is 189 Å². The van der Waals surface area contributed by atoms with Crippen LogP contribution in [0.1, 0.15) is 96.5 Å². The summed E-state index contributed by atoms with van der Waals surface area (Å²) < 4.78 is 5.48. The van der Waals surface area contributed by atoms with Gasteiger partial charge in [-0.2, -0.15) is 0 Å². The van der Waals surface area contributed by atoms with Gasteiger partial charge >= 0.3 is 0 Å². The first kappa shape index (κ1) is 28.8. The smallest absolute Gasteiger partial charge is 0.160 e. The molecule has 5 nitrogen and oxygen atoms in total. The second-order valence-corrected chi connectivity index (χ2v) is 7.88. The van der Waals surface area contributed by atoms with Gasteiger partial charge in [-0.3, -0.25) is 9.59 Å². The average molecular weight is 434 g/mol. The van der Waals surface area contributed by atoms with Gasteiger partial charge in [-0.15, -0.1) is 0 Å². The average Bonchev–Trinajstić information content (AvgIpc) is 2.78. The van der Waals surface area contributed by atoms with E-state index in [1.165, 1.54) is 19.3 Å². The van der Waals surface area contributed by atoms with Crippen LogP contribution in [0.25, 0.3) is 0 Å². The standard InChI is InChI=1S/C16H23NO2.C8H14O2.C2H6/c1-4-14-15(12(2)18)10-13(11-16(14)19-3)17-8-6-5-7-9-17;1-6(8(3)10)4-5-7(2)9;1-2/h10-11H,4-9H2,1-3H3;6H,4-5H2,1-3H3;1-2H3. The summed E-state index contributed by atoms with van der Waals surface area (Å²) in [4.78, 5) is 35.3. The molecule has 1 fully saturated rings. The van der Waals surface area contributed by atoms with Gasteiger partial charge < -0.3 is 14.4 Å². The molecule has 1 aliphatic rings. The van der Waals surface area contributed by atoms with Gasteiger partial charge in [0, 0.05) is 48.3 Å². The van der Waals surface area contributed by atoms with Crippen molar-refractivity contribution in [2.75, 3.05) is 25.1 Å². The van der Waals surface area contributed by atoms with E-state index in [1.807, 2.05) is 26.8 Å². The topological polar surface area (TPSA) is 63.7 Å². The third-order valence-electron chi connectivity index (χ3n) is 5.49. The lowest BCUT2D eigenvalue weighted by atomic mass is 9.99. The van der Waals surface area contributed by atoms with Crippen LogP contribution in [-0.2, 0) is 16.0 Å². The number of benzene rings is 1. The molecule has 176 valence electrons. The number of carbonyl (C=O) groups excluding carboxylic acids is 3. The van der Waals surface area contributed by atoms with Crippen LogP contribution < -0.4 is 9.64 Å². The number of nitrogens with zero attached hydrogens (tertiary/aromatic N) is 1. The molecule has 1 heterocycles. The van der Waals surface area contributed by atoms with Crippen LogP contribution in [0.15, 0.2) is 12.1 Å². The molecule has 1 aromatic carbocycles. The first-order valence-corrected chi connectivity index (χ1v) is 11.7. The molecule has 0 spiro atoms. The Hall–Kier alpha value is -2.17. The third kappa shape index (κ3) is 10.1. The van der Waals surface area contributed by atoms with E-state index in [2.05, 4.69) is 17.9 Å². The zero-order chi connectivity index (χ0) is 24.0. The van der Waals surface area contributed by atoms with Crippen molar-refractivity contribution in [1.29, 1.82) is 0 Å². The molecule has 1 unspecified atom stereocenters. The molecule has 1 aliphatic heterocycles. The van der Waals surface area contributed by atoms with Crippen molar-refractivity contribution in [2.45, 2.75) is 87.0 Å². The van der Waals surface area contributed by atoms with E-state index < -0.39 is 0 Å². The van der Waals surface area contributed by atoms with Crippen LogP contribution in [0.3, 0.4) is 0 Å². The van der Waals surface area contributed by atoms with Crippen LogP contribution in [0, 0.1) is 5.92 Å². The van der Waals surface area contributed by atoms with E-state index in [0.29, 0.717) is 12.8 Å². The van der Waals surface area contributed by atoms with Crippen molar-refractivity contribution in [3.8, 4) is 5.75 Å². The van der Waals surface area contributed by atoms with Crippen LogP contribution in [-0.4, -0.2) is 37.5 Å². The number of rotatable bonds is 8. The third-order valence-corrected chi connectivity index (χ3v) is 5.49. The minimum absolute atomic E-state index is 0.0453. The van der Waals surface area contributed by atoms with E-state index in [1.54, 1.807) is 27.9 Å². The van der Waals surface area contributed by atoms with Crippen molar-refractivity contribution in [3.63, 3.8) is 0 Å². The van der Waals surface area contributed by atoms with Crippen molar-refractivity contribution in [3.05, 3.63) is 23.3 Å². The second-order valence-electron chi connectivity index (χ2n) is 7.88. The number of carbonyl (C=O) groups is 3. The number of methoxy groups -OCH3 is 1. The molecule has 0 aliphatic carbocycles. The molecule has 1 atom stereocenters. The Bertz CT molecular complexity index is 706. The molecule has 1 aromatic rings. The molecule has 0 radical (unpaired) electrons. The van der Waals surface area contributed by atoms with E-state index >= 15 is 0 Å². The van der Waals surface area contributed by atoms with Gasteiger partial charge in [-0.05, 0) is 58.9 Å². The molecular formula is C26H43NO4. The zero-order valence-corrected chi connectivity index (χ0v) is 21.0. The maximum absolute atomic E-state index is 11.9. The number of anilines is 1. The monoisotopic (exact) mass is 433 g/mol. The molecule has 2 rings (SSSR count). The summed E-state index contributed by atoms with van der Waals surface area (Å²) in [5.41, 5.74) is 2.96. The predicted octanol–water partition coefficient (Wildman–Crippen LogP) is 6.06. The van der Waals surface area contributed by atoms with Crippen LogP contribution in [0.4, 0.5) is 5.69 Å². The van der Waals surface area contributed by atoms with Crippen LogP contribution in [0.5, 0.6) is 5.75 Å². The van der Waals surface area contributed by atoms with Crippen molar-refractivity contribution >= 4 is 23.0 Å². The lowest BCUT2D eigenvalue weighted by molar-refractivity contribution is -0.121. The SMILES string of the molecule is CC.CC(=O)CCC(C)C(C)=O.CCc1c(OC)cc(N2CCCCC2)cc1C(C)=O. The summed E-state index contributed by atoms with van der Waals surface area (Å²) in [5, 5.41) is 0. The predicted molar refractivity (Wildman–Crippen MR) is 130 cm³/mol. The van der Waals surface area contributed by atoms with Crippen molar-refractivity contribution < 1.29 is 19.1 Å². The Morgan fingerprint density at radius 1 is 1.03 bits per heavy atom. The van der Waals surface area contributed by atoms with E-state index in [4.69, 9.17) is 4.74 Å². The zero-order valence-electron chi connectivity index (χ0n) is 21.0. The van der Waals surface area contributed by atoms with E-state index in [0.717, 1.165) is 42.1 Å². The normalized spacial score (nSPS) is 13.7. The van der Waals surface area contributed by atoms with Gasteiger partial charge in [-0.1, -0.05) is 27.7 Å². The molecule has 0 aromatic heterocycles. The number of Topliss-reactive ketones (excluding diaryl/α,β-unsaturated/α-hetero) is 3. The molecule has 5 heteroatoms. The largest absolute Gasteiger partial charge is 0.496 e.